The fourth-order valence-corrected chi connectivity index (χ4v) is 3.83. The van der Waals surface area contributed by atoms with E-state index in [4.69, 9.17) is 4.74 Å². The summed E-state index contributed by atoms with van der Waals surface area (Å²) in [6, 6.07) is 7.40. The topological polar surface area (TPSA) is 79.7 Å². The number of ether oxygens (including phenoxy) is 1. The Bertz CT molecular complexity index is 852. The van der Waals surface area contributed by atoms with Gasteiger partial charge in [0.2, 0.25) is 0 Å². The number of carbonyl (C=O) groups excluding carboxylic acids is 2. The van der Waals surface area contributed by atoms with E-state index in [0.717, 1.165) is 38.8 Å². The molecule has 1 unspecified atom stereocenters. The van der Waals surface area contributed by atoms with Gasteiger partial charge in [-0.25, -0.2) is 4.79 Å². The predicted octanol–water partition coefficient (Wildman–Crippen LogP) is 2.72. The van der Waals surface area contributed by atoms with Gasteiger partial charge in [0.05, 0.1) is 5.69 Å². The van der Waals surface area contributed by atoms with Crippen molar-refractivity contribution in [1.29, 1.82) is 0 Å². The number of hydrogen-bond donors (Lipinski definition) is 1. The number of aryl methyl sites for hydroxylation is 1. The lowest BCUT2D eigenvalue weighted by Gasteiger charge is -2.36. The monoisotopic (exact) mass is 383 g/mol. The summed E-state index contributed by atoms with van der Waals surface area (Å²) < 4.78 is 7.42. The number of aromatic nitrogens is 2. The Kier molecular flexibility index (Phi) is 5.18. The average molecular weight is 383 g/mol. The zero-order valence-corrected chi connectivity index (χ0v) is 16.0. The van der Waals surface area contributed by atoms with Gasteiger partial charge in [-0.1, -0.05) is 0 Å². The van der Waals surface area contributed by atoms with Gasteiger partial charge in [-0.15, -0.1) is 0 Å². The van der Waals surface area contributed by atoms with Crippen LogP contribution in [0.15, 0.2) is 36.7 Å². The summed E-state index contributed by atoms with van der Waals surface area (Å²) in [7, 11) is 1.72. The molecule has 2 aliphatic rings. The van der Waals surface area contributed by atoms with E-state index in [0.29, 0.717) is 17.1 Å². The third-order valence-electron chi connectivity index (χ3n) is 5.44. The van der Waals surface area contributed by atoms with E-state index in [1.54, 1.807) is 36.3 Å². The fraction of sp³-hybridized carbons (Fsp3) is 0.450. The van der Waals surface area contributed by atoms with Crippen LogP contribution < -0.4 is 15.0 Å². The first-order valence-electron chi connectivity index (χ1n) is 9.70. The molecule has 0 bridgehead atoms. The lowest BCUT2D eigenvalue weighted by Crippen LogP contribution is -2.46. The molecule has 1 aromatic carbocycles. The highest BCUT2D eigenvalue weighted by molar-refractivity contribution is 5.98. The van der Waals surface area contributed by atoms with Gasteiger partial charge in [-0.2, -0.15) is 5.10 Å². The third kappa shape index (κ3) is 3.81. The van der Waals surface area contributed by atoms with Crippen LogP contribution in [0.5, 0.6) is 5.75 Å². The number of piperidine rings is 1. The van der Waals surface area contributed by atoms with Crippen molar-refractivity contribution in [2.75, 3.05) is 30.4 Å². The van der Waals surface area contributed by atoms with Crippen molar-refractivity contribution in [1.82, 2.24) is 14.7 Å². The van der Waals surface area contributed by atoms with Crippen LogP contribution in [-0.4, -0.2) is 52.9 Å². The predicted molar refractivity (Wildman–Crippen MR) is 106 cm³/mol. The number of rotatable bonds is 4. The van der Waals surface area contributed by atoms with Crippen molar-refractivity contribution in [3.05, 3.63) is 36.7 Å². The fourth-order valence-electron chi connectivity index (χ4n) is 3.83. The molecule has 2 aliphatic heterocycles. The summed E-state index contributed by atoms with van der Waals surface area (Å²) >= 11 is 0. The second-order valence-electron chi connectivity index (χ2n) is 7.25. The number of likely N-dealkylation sites (N-methyl/N-ethyl adjacent to an activating group) is 1. The highest BCUT2D eigenvalue weighted by atomic mass is 16.5. The second-order valence-corrected chi connectivity index (χ2v) is 7.25. The number of anilines is 2. The van der Waals surface area contributed by atoms with Gasteiger partial charge in [0.15, 0.2) is 6.61 Å². The van der Waals surface area contributed by atoms with E-state index in [2.05, 4.69) is 10.4 Å². The number of urea groups is 1. The highest BCUT2D eigenvalue weighted by Gasteiger charge is 2.27. The van der Waals surface area contributed by atoms with Gasteiger partial charge >= 0.3 is 6.03 Å². The first-order chi connectivity index (χ1) is 13.6. The van der Waals surface area contributed by atoms with Crippen LogP contribution >= 0.6 is 0 Å². The van der Waals surface area contributed by atoms with E-state index < -0.39 is 0 Å². The summed E-state index contributed by atoms with van der Waals surface area (Å²) in [4.78, 5) is 28.1. The first-order valence-corrected chi connectivity index (χ1v) is 9.70. The van der Waals surface area contributed by atoms with Gasteiger partial charge in [0, 0.05) is 50.3 Å². The van der Waals surface area contributed by atoms with Crippen molar-refractivity contribution >= 4 is 23.3 Å². The molecule has 0 radical (unpaired) electrons. The van der Waals surface area contributed by atoms with Crippen LogP contribution in [0.3, 0.4) is 0 Å². The minimum Gasteiger partial charge on any atom is -0.481 e. The number of nitrogens with one attached hydrogen (secondary N) is 1. The van der Waals surface area contributed by atoms with Crippen molar-refractivity contribution in [2.45, 2.75) is 38.3 Å². The highest BCUT2D eigenvalue weighted by Crippen LogP contribution is 2.34. The maximum Gasteiger partial charge on any atom is 0.322 e. The molecule has 1 aromatic heterocycles. The van der Waals surface area contributed by atoms with Crippen molar-refractivity contribution in [2.24, 2.45) is 0 Å². The third-order valence-corrected chi connectivity index (χ3v) is 5.44. The minimum atomic E-state index is -0.0923. The van der Waals surface area contributed by atoms with Gasteiger partial charge in [-0.05, 0) is 43.9 Å². The molecule has 1 saturated heterocycles. The molecule has 3 heterocycles. The molecule has 0 spiro atoms. The number of carbonyl (C=O) groups is 2. The van der Waals surface area contributed by atoms with E-state index in [9.17, 15) is 9.59 Å². The van der Waals surface area contributed by atoms with Gasteiger partial charge in [0.25, 0.3) is 5.91 Å². The SMILES string of the molecule is CN1C(=O)COc2cc(NC(=O)N3CCCCC3CCn3cccn3)ccc21. The minimum absolute atomic E-state index is 0.0164. The Morgan fingerprint density at radius 3 is 3.07 bits per heavy atom. The molecule has 0 saturated carbocycles. The molecule has 4 rings (SSSR count). The van der Waals surface area contributed by atoms with Gasteiger partial charge in [-0.3, -0.25) is 9.48 Å². The summed E-state index contributed by atoms with van der Waals surface area (Å²) in [5.74, 6) is 0.520. The average Bonchev–Trinajstić information content (AvgIpc) is 3.23. The van der Waals surface area contributed by atoms with Crippen LogP contribution in [0.2, 0.25) is 0 Å². The van der Waals surface area contributed by atoms with Crippen LogP contribution in [0.4, 0.5) is 16.2 Å². The summed E-state index contributed by atoms with van der Waals surface area (Å²) in [5, 5.41) is 7.24. The largest absolute Gasteiger partial charge is 0.481 e. The molecule has 1 atom stereocenters. The normalized spacial score (nSPS) is 19.2. The van der Waals surface area contributed by atoms with E-state index >= 15 is 0 Å². The molecule has 8 nitrogen and oxygen atoms in total. The van der Waals surface area contributed by atoms with Gasteiger partial charge in [0.1, 0.15) is 5.75 Å². The standard InChI is InChI=1S/C20H25N5O3/c1-23-17-7-6-15(13-18(17)28-14-19(23)26)22-20(27)25-11-3-2-5-16(25)8-12-24-10-4-9-21-24/h4,6-7,9-10,13,16H,2-3,5,8,11-12,14H2,1H3,(H,22,27). The van der Waals surface area contributed by atoms with Gasteiger partial charge < -0.3 is 19.9 Å². The van der Waals surface area contributed by atoms with Crippen molar-refractivity contribution in [3.8, 4) is 5.75 Å². The zero-order chi connectivity index (χ0) is 19.5. The van der Waals surface area contributed by atoms with E-state index in [1.807, 2.05) is 21.8 Å². The Labute approximate surface area is 164 Å². The van der Waals surface area contributed by atoms with Crippen LogP contribution in [0.25, 0.3) is 0 Å². The molecule has 0 aliphatic carbocycles. The Morgan fingerprint density at radius 2 is 2.25 bits per heavy atom. The number of hydrogen-bond acceptors (Lipinski definition) is 4. The smallest absolute Gasteiger partial charge is 0.322 e. The number of nitrogens with zero attached hydrogens (tertiary/aromatic N) is 4. The molecule has 3 amide bonds. The van der Waals surface area contributed by atoms with Crippen molar-refractivity contribution in [3.63, 3.8) is 0 Å². The lowest BCUT2D eigenvalue weighted by atomic mass is 10.00. The number of fused-ring (bicyclic) bond motifs is 1. The van der Waals surface area contributed by atoms with Crippen LogP contribution in [-0.2, 0) is 11.3 Å². The number of benzene rings is 1. The van der Waals surface area contributed by atoms with E-state index in [1.165, 1.54) is 0 Å². The van der Waals surface area contributed by atoms with Crippen molar-refractivity contribution < 1.29 is 14.3 Å². The van der Waals surface area contributed by atoms with Crippen LogP contribution in [0.1, 0.15) is 25.7 Å². The molecule has 2 aromatic rings. The molecular weight excluding hydrogens is 358 g/mol. The Hall–Kier alpha value is -3.03. The molecule has 1 fully saturated rings. The maximum atomic E-state index is 12.9. The number of amides is 3. The Morgan fingerprint density at radius 1 is 1.36 bits per heavy atom. The second kappa shape index (κ2) is 7.92. The summed E-state index contributed by atoms with van der Waals surface area (Å²) in [6.07, 6.45) is 7.77. The molecule has 28 heavy (non-hydrogen) atoms. The first kappa shape index (κ1) is 18.3. The molecular formula is C20H25N5O3. The van der Waals surface area contributed by atoms with Crippen LogP contribution in [0, 0.1) is 0 Å². The molecule has 8 heteroatoms. The molecule has 1 N–H and O–H groups in total. The summed E-state index contributed by atoms with van der Waals surface area (Å²) in [6.45, 7) is 1.57. The Balaban J connectivity index is 1.42. The molecule has 148 valence electrons. The lowest BCUT2D eigenvalue weighted by molar-refractivity contribution is -0.120. The maximum absolute atomic E-state index is 12.9. The zero-order valence-electron chi connectivity index (χ0n) is 16.0. The quantitative estimate of drug-likeness (QED) is 0.880. The summed E-state index contributed by atoms with van der Waals surface area (Å²) in [5.41, 5.74) is 1.38. The number of likely N-dealkylation sites (tertiary alicyclic amines) is 1. The van der Waals surface area contributed by atoms with E-state index in [-0.39, 0.29) is 24.6 Å².